The molecular weight excluding hydrogens is 669 g/mol. The Morgan fingerprint density at radius 1 is 0.407 bits per heavy atom. The van der Waals surface area contributed by atoms with Crippen LogP contribution in [0.3, 0.4) is 0 Å². The molecule has 1 saturated carbocycles. The van der Waals surface area contributed by atoms with Crippen molar-refractivity contribution in [3.8, 4) is 0 Å². The summed E-state index contributed by atoms with van der Waals surface area (Å²) < 4.78 is 0. The SMILES string of the molecule is O=C(CC(c1ccccc1)(c1ccccc1)c1ccccc1)N(O)C1CCCCC1N(O)C(=O)CC(c1ccccc1)(c1ccccc1)c1ccccc1. The minimum atomic E-state index is -0.915. The summed E-state index contributed by atoms with van der Waals surface area (Å²) in [6, 6.07) is 57.9. The van der Waals surface area contributed by atoms with Crippen LogP contribution in [0.15, 0.2) is 182 Å². The smallest absolute Gasteiger partial charge is 0.247 e. The molecule has 6 aromatic rings. The molecule has 6 nitrogen and oxygen atoms in total. The molecular formula is C48H46N2O4. The fraction of sp³-hybridized carbons (Fsp3) is 0.208. The van der Waals surface area contributed by atoms with Gasteiger partial charge in [-0.1, -0.05) is 195 Å². The molecule has 0 heterocycles. The van der Waals surface area contributed by atoms with Crippen molar-refractivity contribution in [2.75, 3.05) is 0 Å². The van der Waals surface area contributed by atoms with Gasteiger partial charge in [-0.05, 0) is 46.2 Å². The van der Waals surface area contributed by atoms with Crippen LogP contribution in [0.25, 0.3) is 0 Å². The molecule has 1 aliphatic carbocycles. The van der Waals surface area contributed by atoms with Crippen molar-refractivity contribution < 1.29 is 20.0 Å². The van der Waals surface area contributed by atoms with Crippen LogP contribution in [-0.4, -0.2) is 44.4 Å². The summed E-state index contributed by atoms with van der Waals surface area (Å²) in [7, 11) is 0. The van der Waals surface area contributed by atoms with E-state index in [1.165, 1.54) is 0 Å². The second-order valence-corrected chi connectivity index (χ2v) is 14.3. The molecule has 2 atom stereocenters. The van der Waals surface area contributed by atoms with Gasteiger partial charge >= 0.3 is 0 Å². The molecule has 0 spiro atoms. The molecule has 1 aliphatic rings. The van der Waals surface area contributed by atoms with E-state index in [0.29, 0.717) is 12.8 Å². The number of benzene rings is 6. The van der Waals surface area contributed by atoms with Crippen molar-refractivity contribution >= 4 is 11.8 Å². The highest BCUT2D eigenvalue weighted by Crippen LogP contribution is 2.45. The number of hydrogen-bond donors (Lipinski definition) is 2. The van der Waals surface area contributed by atoms with E-state index in [1.54, 1.807) is 0 Å². The zero-order chi connectivity index (χ0) is 37.4. The molecule has 0 aliphatic heterocycles. The minimum absolute atomic E-state index is 0.0662. The van der Waals surface area contributed by atoms with E-state index in [-0.39, 0.29) is 12.8 Å². The molecule has 0 aromatic heterocycles. The van der Waals surface area contributed by atoms with E-state index in [9.17, 15) is 20.0 Å². The fourth-order valence-corrected chi connectivity index (χ4v) is 8.60. The largest absolute Gasteiger partial charge is 0.286 e. The fourth-order valence-electron chi connectivity index (χ4n) is 8.60. The van der Waals surface area contributed by atoms with Crippen LogP contribution < -0.4 is 0 Å². The Hall–Kier alpha value is -5.82. The van der Waals surface area contributed by atoms with Gasteiger partial charge in [-0.25, -0.2) is 10.1 Å². The Kier molecular flexibility index (Phi) is 11.1. The van der Waals surface area contributed by atoms with Gasteiger partial charge in [0.1, 0.15) is 0 Å². The predicted molar refractivity (Wildman–Crippen MR) is 211 cm³/mol. The average Bonchev–Trinajstić information content (AvgIpc) is 3.26. The second kappa shape index (κ2) is 16.5. The molecule has 6 heteroatoms. The third-order valence-corrected chi connectivity index (χ3v) is 11.3. The topological polar surface area (TPSA) is 81.1 Å². The quantitative estimate of drug-likeness (QED) is 0.0752. The number of rotatable bonds is 12. The summed E-state index contributed by atoms with van der Waals surface area (Å²) in [5.74, 6) is -0.979. The Balaban J connectivity index is 1.23. The molecule has 272 valence electrons. The number of nitrogens with zero attached hydrogens (tertiary/aromatic N) is 2. The van der Waals surface area contributed by atoms with Crippen LogP contribution in [0.2, 0.25) is 0 Å². The monoisotopic (exact) mass is 714 g/mol. The maximum Gasteiger partial charge on any atom is 0.247 e. The lowest BCUT2D eigenvalue weighted by molar-refractivity contribution is -0.214. The number of carbonyl (C=O) groups excluding carboxylic acids is 2. The molecule has 2 amide bonds. The van der Waals surface area contributed by atoms with Crippen molar-refractivity contribution in [1.82, 2.24) is 10.1 Å². The van der Waals surface area contributed by atoms with Crippen LogP contribution >= 0.6 is 0 Å². The summed E-state index contributed by atoms with van der Waals surface area (Å²) in [4.78, 5) is 29.2. The average molecular weight is 715 g/mol. The third kappa shape index (κ3) is 7.11. The summed E-state index contributed by atoms with van der Waals surface area (Å²) in [5.41, 5.74) is 3.68. The third-order valence-electron chi connectivity index (χ3n) is 11.3. The molecule has 2 unspecified atom stereocenters. The van der Waals surface area contributed by atoms with Gasteiger partial charge in [-0.2, -0.15) is 0 Å². The molecule has 1 fully saturated rings. The summed E-state index contributed by atoms with van der Waals surface area (Å²) in [6.45, 7) is 0. The maximum atomic E-state index is 14.6. The van der Waals surface area contributed by atoms with Crippen LogP contribution in [0.5, 0.6) is 0 Å². The number of carbonyl (C=O) groups is 2. The zero-order valence-corrected chi connectivity index (χ0v) is 30.3. The number of hydroxylamine groups is 4. The lowest BCUT2D eigenvalue weighted by atomic mass is 9.67. The van der Waals surface area contributed by atoms with Gasteiger partial charge in [0, 0.05) is 12.8 Å². The Labute approximate surface area is 317 Å². The van der Waals surface area contributed by atoms with Crippen LogP contribution in [-0.2, 0) is 20.4 Å². The standard InChI is InChI=1S/C48H46N2O4/c51-45(35-47(37-21-7-1-8-22-37,38-23-9-2-10-24-38)39-25-11-3-12-26-39)49(53)43-33-19-20-34-44(43)50(54)46(52)36-48(40-27-13-4-14-28-40,41-29-15-5-16-30-41)42-31-17-6-18-32-42/h1-18,21-32,43-44,53-54H,19-20,33-36H2. The van der Waals surface area contributed by atoms with E-state index in [2.05, 4.69) is 0 Å². The molecule has 0 bridgehead atoms. The minimum Gasteiger partial charge on any atom is -0.286 e. The first kappa shape index (κ1) is 36.5. The van der Waals surface area contributed by atoms with Crippen molar-refractivity contribution in [2.45, 2.75) is 61.4 Å². The van der Waals surface area contributed by atoms with Crippen molar-refractivity contribution in [3.05, 3.63) is 215 Å². The summed E-state index contributed by atoms with van der Waals surface area (Å²) in [6.07, 6.45) is 2.24. The van der Waals surface area contributed by atoms with E-state index >= 15 is 0 Å². The maximum absolute atomic E-state index is 14.6. The van der Waals surface area contributed by atoms with E-state index in [1.807, 2.05) is 182 Å². The zero-order valence-electron chi connectivity index (χ0n) is 30.3. The Bertz CT molecular complexity index is 1750. The van der Waals surface area contributed by atoms with E-state index in [0.717, 1.165) is 56.3 Å². The second-order valence-electron chi connectivity index (χ2n) is 14.3. The van der Waals surface area contributed by atoms with Crippen LogP contribution in [0.4, 0.5) is 0 Å². The van der Waals surface area contributed by atoms with Gasteiger partial charge in [0.2, 0.25) is 11.8 Å². The predicted octanol–water partition coefficient (Wildman–Crippen LogP) is 9.58. The highest BCUT2D eigenvalue weighted by molar-refractivity contribution is 5.81. The van der Waals surface area contributed by atoms with Crippen molar-refractivity contribution in [3.63, 3.8) is 0 Å². The first-order valence-corrected chi connectivity index (χ1v) is 18.8. The summed E-state index contributed by atoms with van der Waals surface area (Å²) in [5, 5.41) is 25.5. The van der Waals surface area contributed by atoms with Gasteiger partial charge in [0.25, 0.3) is 0 Å². The summed E-state index contributed by atoms with van der Waals surface area (Å²) >= 11 is 0. The first-order valence-electron chi connectivity index (χ1n) is 18.8. The van der Waals surface area contributed by atoms with Gasteiger partial charge in [0.05, 0.1) is 22.9 Å². The normalized spacial score (nSPS) is 16.0. The number of amides is 2. The Morgan fingerprint density at radius 2 is 0.611 bits per heavy atom. The molecule has 7 rings (SSSR count). The highest BCUT2D eigenvalue weighted by Gasteiger charge is 2.45. The number of hydrogen-bond acceptors (Lipinski definition) is 4. The van der Waals surface area contributed by atoms with Gasteiger partial charge in [-0.3, -0.25) is 20.0 Å². The Morgan fingerprint density at radius 3 is 0.815 bits per heavy atom. The molecule has 2 N–H and O–H groups in total. The molecule has 54 heavy (non-hydrogen) atoms. The van der Waals surface area contributed by atoms with E-state index in [4.69, 9.17) is 0 Å². The van der Waals surface area contributed by atoms with Crippen LogP contribution in [0.1, 0.15) is 71.9 Å². The first-order chi connectivity index (χ1) is 26.4. The molecule has 6 aromatic carbocycles. The van der Waals surface area contributed by atoms with Crippen molar-refractivity contribution in [1.29, 1.82) is 0 Å². The lowest BCUT2D eigenvalue weighted by Crippen LogP contribution is -2.56. The van der Waals surface area contributed by atoms with Gasteiger partial charge < -0.3 is 0 Å². The molecule has 0 radical (unpaired) electrons. The van der Waals surface area contributed by atoms with Crippen LogP contribution in [0, 0.1) is 0 Å². The van der Waals surface area contributed by atoms with Crippen molar-refractivity contribution in [2.24, 2.45) is 0 Å². The van der Waals surface area contributed by atoms with Gasteiger partial charge in [0.15, 0.2) is 0 Å². The lowest BCUT2D eigenvalue weighted by Gasteiger charge is -2.43. The molecule has 0 saturated heterocycles. The van der Waals surface area contributed by atoms with Gasteiger partial charge in [-0.15, -0.1) is 0 Å². The highest BCUT2D eigenvalue weighted by atomic mass is 16.5. The van der Waals surface area contributed by atoms with E-state index < -0.39 is 34.7 Å².